The van der Waals surface area contributed by atoms with Gasteiger partial charge >= 0.3 is 0 Å². The van der Waals surface area contributed by atoms with Crippen LogP contribution in [0.3, 0.4) is 0 Å². The Kier molecular flexibility index (Phi) is 6.69. The quantitative estimate of drug-likeness (QED) is 0.325. The van der Waals surface area contributed by atoms with Crippen molar-refractivity contribution in [1.82, 2.24) is 4.98 Å². The fraction of sp³-hybridized carbons (Fsp3) is 0.500. The maximum absolute atomic E-state index is 13.3. The molecule has 1 aromatic heterocycles. The van der Waals surface area contributed by atoms with Crippen molar-refractivity contribution in [1.29, 1.82) is 0 Å². The fourth-order valence-corrected chi connectivity index (χ4v) is 1.99. The van der Waals surface area contributed by atoms with Crippen LogP contribution in [0.1, 0.15) is 6.42 Å². The highest BCUT2D eigenvalue weighted by Gasteiger charge is 2.10. The van der Waals surface area contributed by atoms with E-state index < -0.39 is 11.6 Å². The molecule has 0 aliphatic heterocycles. The SMILES string of the molecule is NNc1nc(NCCSCCCO)c(F)cc1F. The van der Waals surface area contributed by atoms with Gasteiger partial charge in [-0.05, 0) is 12.2 Å². The summed E-state index contributed by atoms with van der Waals surface area (Å²) in [4.78, 5) is 3.68. The molecule has 18 heavy (non-hydrogen) atoms. The highest BCUT2D eigenvalue weighted by Crippen LogP contribution is 2.18. The molecular weight excluding hydrogens is 262 g/mol. The van der Waals surface area contributed by atoms with Crippen molar-refractivity contribution in [2.45, 2.75) is 6.42 Å². The van der Waals surface area contributed by atoms with E-state index in [1.807, 2.05) is 0 Å². The highest BCUT2D eigenvalue weighted by molar-refractivity contribution is 7.99. The maximum atomic E-state index is 13.3. The van der Waals surface area contributed by atoms with Gasteiger partial charge in [0.05, 0.1) is 0 Å². The van der Waals surface area contributed by atoms with Crippen molar-refractivity contribution in [2.75, 3.05) is 35.4 Å². The first kappa shape index (κ1) is 14.9. The van der Waals surface area contributed by atoms with Gasteiger partial charge in [-0.15, -0.1) is 0 Å². The first-order valence-electron chi connectivity index (χ1n) is 5.44. The average Bonchev–Trinajstić information content (AvgIpc) is 2.36. The molecule has 102 valence electrons. The van der Waals surface area contributed by atoms with E-state index in [-0.39, 0.29) is 18.2 Å². The molecule has 0 bridgehead atoms. The Morgan fingerprint density at radius 2 is 2.00 bits per heavy atom. The van der Waals surface area contributed by atoms with Crippen LogP contribution in [-0.2, 0) is 0 Å². The summed E-state index contributed by atoms with van der Waals surface area (Å²) in [5.74, 6) is 4.80. The lowest BCUT2D eigenvalue weighted by Gasteiger charge is -2.09. The Hall–Kier alpha value is -1.12. The minimum atomic E-state index is -0.835. The number of hydrogen-bond donors (Lipinski definition) is 4. The van der Waals surface area contributed by atoms with Crippen molar-refractivity contribution < 1.29 is 13.9 Å². The second kappa shape index (κ2) is 8.06. The number of aromatic nitrogens is 1. The van der Waals surface area contributed by atoms with Crippen LogP contribution in [0.4, 0.5) is 20.4 Å². The van der Waals surface area contributed by atoms with Crippen molar-refractivity contribution in [2.24, 2.45) is 5.84 Å². The van der Waals surface area contributed by atoms with Gasteiger partial charge in [0.1, 0.15) is 0 Å². The van der Waals surface area contributed by atoms with Gasteiger partial charge in [0.15, 0.2) is 23.3 Å². The van der Waals surface area contributed by atoms with Crippen LogP contribution in [0.5, 0.6) is 0 Å². The number of hydrazine groups is 1. The molecule has 0 spiro atoms. The van der Waals surface area contributed by atoms with Gasteiger partial charge in [0.2, 0.25) is 0 Å². The molecule has 0 saturated carbocycles. The number of halogens is 2. The lowest BCUT2D eigenvalue weighted by molar-refractivity contribution is 0.296. The van der Waals surface area contributed by atoms with Crippen LogP contribution >= 0.6 is 11.8 Å². The number of rotatable bonds is 8. The number of nitrogen functional groups attached to an aromatic ring is 1. The van der Waals surface area contributed by atoms with Gasteiger partial charge < -0.3 is 15.8 Å². The monoisotopic (exact) mass is 278 g/mol. The van der Waals surface area contributed by atoms with Crippen LogP contribution in [0.25, 0.3) is 0 Å². The zero-order valence-corrected chi connectivity index (χ0v) is 10.6. The van der Waals surface area contributed by atoms with Gasteiger partial charge in [0, 0.05) is 25.0 Å². The third-order valence-corrected chi connectivity index (χ3v) is 3.12. The van der Waals surface area contributed by atoms with E-state index in [1.165, 1.54) is 0 Å². The maximum Gasteiger partial charge on any atom is 0.178 e. The summed E-state index contributed by atoms with van der Waals surface area (Å²) >= 11 is 1.63. The highest BCUT2D eigenvalue weighted by atomic mass is 32.2. The van der Waals surface area contributed by atoms with Crippen LogP contribution in [0.2, 0.25) is 0 Å². The standard InChI is InChI=1S/C10H16F2N4OS/c11-7-6-8(12)10(16-13)15-9(7)14-2-5-18-4-1-3-17/h6,17H,1-5,13H2,(H2,14,15,16). The van der Waals surface area contributed by atoms with E-state index in [9.17, 15) is 8.78 Å². The van der Waals surface area contributed by atoms with E-state index in [2.05, 4.69) is 15.7 Å². The smallest absolute Gasteiger partial charge is 0.178 e. The van der Waals surface area contributed by atoms with Crippen LogP contribution in [-0.4, -0.2) is 34.7 Å². The molecule has 0 aliphatic carbocycles. The zero-order chi connectivity index (χ0) is 13.4. The minimum absolute atomic E-state index is 0.0351. The van der Waals surface area contributed by atoms with Gasteiger partial charge in [-0.1, -0.05) is 0 Å². The molecule has 1 heterocycles. The topological polar surface area (TPSA) is 83.2 Å². The molecule has 0 radical (unpaired) electrons. The van der Waals surface area contributed by atoms with Gasteiger partial charge in [0.25, 0.3) is 0 Å². The first-order chi connectivity index (χ1) is 8.69. The van der Waals surface area contributed by atoms with E-state index >= 15 is 0 Å². The number of nitrogens with one attached hydrogen (secondary N) is 2. The molecule has 1 aromatic rings. The molecular formula is C10H16F2N4OS. The summed E-state index contributed by atoms with van der Waals surface area (Å²) in [6.45, 7) is 0.662. The van der Waals surface area contributed by atoms with E-state index in [1.54, 1.807) is 11.8 Å². The van der Waals surface area contributed by atoms with Crippen LogP contribution < -0.4 is 16.6 Å². The fourth-order valence-electron chi connectivity index (χ4n) is 1.20. The van der Waals surface area contributed by atoms with Crippen molar-refractivity contribution in [3.63, 3.8) is 0 Å². The second-order valence-corrected chi connectivity index (χ2v) is 4.63. The number of nitrogens with two attached hydrogens (primary N) is 1. The molecule has 0 aliphatic rings. The molecule has 0 aromatic carbocycles. The zero-order valence-electron chi connectivity index (χ0n) is 9.75. The van der Waals surface area contributed by atoms with Gasteiger partial charge in [-0.2, -0.15) is 11.8 Å². The van der Waals surface area contributed by atoms with Crippen LogP contribution in [0, 0.1) is 11.6 Å². The summed E-state index contributed by atoms with van der Waals surface area (Å²) in [6.07, 6.45) is 0.731. The molecule has 0 fully saturated rings. The third kappa shape index (κ3) is 4.63. The molecule has 0 unspecified atom stereocenters. The molecule has 0 saturated heterocycles. The van der Waals surface area contributed by atoms with Gasteiger partial charge in [-0.3, -0.25) is 0 Å². The Bertz CT molecular complexity index is 381. The Balaban J connectivity index is 2.42. The lowest BCUT2D eigenvalue weighted by atomic mass is 10.4. The predicted molar refractivity (Wildman–Crippen MR) is 69.5 cm³/mol. The average molecular weight is 278 g/mol. The summed E-state index contributed by atoms with van der Waals surface area (Å²) in [5.41, 5.74) is 2.06. The Morgan fingerprint density at radius 1 is 1.28 bits per heavy atom. The number of aliphatic hydroxyl groups excluding tert-OH is 1. The second-order valence-electron chi connectivity index (χ2n) is 3.41. The molecule has 5 nitrogen and oxygen atoms in total. The first-order valence-corrected chi connectivity index (χ1v) is 6.59. The van der Waals surface area contributed by atoms with Gasteiger partial charge in [-0.25, -0.2) is 19.6 Å². The van der Waals surface area contributed by atoms with Crippen molar-refractivity contribution in [3.8, 4) is 0 Å². The van der Waals surface area contributed by atoms with E-state index in [0.717, 1.165) is 24.0 Å². The largest absolute Gasteiger partial charge is 0.396 e. The number of nitrogens with zero attached hydrogens (tertiary/aromatic N) is 1. The lowest BCUT2D eigenvalue weighted by Crippen LogP contribution is -2.14. The van der Waals surface area contributed by atoms with E-state index in [0.29, 0.717) is 6.54 Å². The predicted octanol–water partition coefficient (Wildman–Crippen LogP) is 1.17. The normalized spacial score (nSPS) is 10.4. The summed E-state index contributed by atoms with van der Waals surface area (Å²) in [7, 11) is 0. The summed E-state index contributed by atoms with van der Waals surface area (Å²) in [5, 5.41) is 11.3. The molecule has 0 amide bonds. The molecule has 1 rings (SSSR count). The number of pyridine rings is 1. The number of aliphatic hydroxyl groups is 1. The number of anilines is 2. The third-order valence-electron chi connectivity index (χ3n) is 2.05. The van der Waals surface area contributed by atoms with Crippen LogP contribution in [0.15, 0.2) is 6.07 Å². The Labute approximate surface area is 108 Å². The van der Waals surface area contributed by atoms with E-state index in [4.69, 9.17) is 10.9 Å². The van der Waals surface area contributed by atoms with Crippen molar-refractivity contribution in [3.05, 3.63) is 17.7 Å². The molecule has 5 N–H and O–H groups in total. The minimum Gasteiger partial charge on any atom is -0.396 e. The molecule has 0 atom stereocenters. The van der Waals surface area contributed by atoms with Crippen molar-refractivity contribution >= 4 is 23.4 Å². The summed E-state index contributed by atoms with van der Waals surface area (Å²) in [6, 6.07) is 0.726. The number of hydrogen-bond acceptors (Lipinski definition) is 6. The molecule has 8 heteroatoms. The Morgan fingerprint density at radius 3 is 2.67 bits per heavy atom. The summed E-state index contributed by atoms with van der Waals surface area (Å²) < 4.78 is 26.4. The number of thioether (sulfide) groups is 1.